The van der Waals surface area contributed by atoms with Gasteiger partial charge in [0.25, 0.3) is 21.5 Å². The minimum atomic E-state index is -3.85. The number of piperidine rings is 1. The monoisotopic (exact) mass is 450 g/mol. The number of sulfonamides is 1. The highest BCUT2D eigenvalue weighted by atomic mass is 32.2. The molecule has 1 fully saturated rings. The second-order valence-electron chi connectivity index (χ2n) is 8.26. The van der Waals surface area contributed by atoms with Crippen LogP contribution >= 0.6 is 0 Å². The number of hydrogen-bond acceptors (Lipinski definition) is 5. The Bertz CT molecular complexity index is 1320. The van der Waals surface area contributed by atoms with Crippen molar-refractivity contribution >= 4 is 21.6 Å². The lowest BCUT2D eigenvalue weighted by Crippen LogP contribution is -2.49. The fourth-order valence-electron chi connectivity index (χ4n) is 4.66. The lowest BCUT2D eigenvalue weighted by atomic mass is 9.83. The number of fused-ring (bicyclic) bond motifs is 4. The standard InChI is InChI=1S/C23H22N4O4S/c28-22(17-5-4-10-24-12-17)26-13-16-11-18(15-26)21-9-8-20(23(29)27(21)14-16)25-32(30,31)19-6-2-1-3-7-19/h1-10,12,16,18,25H,11,13-15H2/t16-,18-/m1/s1. The van der Waals surface area contributed by atoms with Crippen LogP contribution in [0.5, 0.6) is 0 Å². The Labute approximate surface area is 185 Å². The first kappa shape index (κ1) is 20.4. The van der Waals surface area contributed by atoms with Gasteiger partial charge in [-0.25, -0.2) is 8.42 Å². The van der Waals surface area contributed by atoms with Crippen LogP contribution < -0.4 is 10.3 Å². The molecule has 9 heteroatoms. The van der Waals surface area contributed by atoms with Crippen LogP contribution in [-0.4, -0.2) is 41.9 Å². The number of carbonyl (C=O) groups is 1. The van der Waals surface area contributed by atoms with Gasteiger partial charge in [-0.05, 0) is 48.7 Å². The first-order chi connectivity index (χ1) is 15.4. The van der Waals surface area contributed by atoms with Crippen molar-refractivity contribution in [3.05, 3.63) is 88.6 Å². The van der Waals surface area contributed by atoms with E-state index in [0.717, 1.165) is 12.1 Å². The molecule has 0 unspecified atom stereocenters. The number of carbonyl (C=O) groups excluding carboxylic acids is 1. The number of anilines is 1. The largest absolute Gasteiger partial charge is 0.338 e. The van der Waals surface area contributed by atoms with Crippen LogP contribution in [0.15, 0.2) is 76.7 Å². The molecule has 1 saturated heterocycles. The van der Waals surface area contributed by atoms with Crippen LogP contribution in [0.1, 0.15) is 28.4 Å². The highest BCUT2D eigenvalue weighted by Gasteiger charge is 2.37. The Morgan fingerprint density at radius 2 is 1.81 bits per heavy atom. The van der Waals surface area contributed by atoms with Gasteiger partial charge in [0.15, 0.2) is 0 Å². The van der Waals surface area contributed by atoms with E-state index >= 15 is 0 Å². The molecule has 2 bridgehead atoms. The first-order valence-electron chi connectivity index (χ1n) is 10.4. The molecule has 32 heavy (non-hydrogen) atoms. The van der Waals surface area contributed by atoms with Gasteiger partial charge in [-0.1, -0.05) is 18.2 Å². The molecule has 0 spiro atoms. The lowest BCUT2D eigenvalue weighted by molar-refractivity contribution is 0.0594. The normalized spacial score (nSPS) is 19.8. The molecule has 0 radical (unpaired) electrons. The predicted molar refractivity (Wildman–Crippen MR) is 119 cm³/mol. The molecule has 1 N–H and O–H groups in total. The molecule has 1 aromatic carbocycles. The summed E-state index contributed by atoms with van der Waals surface area (Å²) in [5, 5.41) is 0. The van der Waals surface area contributed by atoms with E-state index in [9.17, 15) is 18.0 Å². The maximum Gasteiger partial charge on any atom is 0.275 e. The summed E-state index contributed by atoms with van der Waals surface area (Å²) in [4.78, 5) is 32.0. The van der Waals surface area contributed by atoms with Gasteiger partial charge in [-0.2, -0.15) is 0 Å². The third kappa shape index (κ3) is 3.69. The zero-order valence-corrected chi connectivity index (χ0v) is 18.0. The van der Waals surface area contributed by atoms with Crippen LogP contribution in [0.4, 0.5) is 5.69 Å². The van der Waals surface area contributed by atoms with Crippen molar-refractivity contribution in [3.8, 4) is 0 Å². The molecule has 2 atom stereocenters. The van der Waals surface area contributed by atoms with E-state index in [1.807, 2.05) is 4.90 Å². The van der Waals surface area contributed by atoms with Gasteiger partial charge in [-0.15, -0.1) is 0 Å². The van der Waals surface area contributed by atoms with Gasteiger partial charge in [0.05, 0.1) is 10.5 Å². The van der Waals surface area contributed by atoms with Crippen molar-refractivity contribution in [2.75, 3.05) is 17.8 Å². The molecule has 0 aliphatic carbocycles. The van der Waals surface area contributed by atoms with Crippen molar-refractivity contribution in [2.24, 2.45) is 5.92 Å². The molecule has 3 aromatic rings. The quantitative estimate of drug-likeness (QED) is 0.657. The minimum absolute atomic E-state index is 0.0237. The molecule has 0 saturated carbocycles. The molecular formula is C23H22N4O4S. The zero-order chi connectivity index (χ0) is 22.3. The highest BCUT2D eigenvalue weighted by molar-refractivity contribution is 7.92. The van der Waals surface area contributed by atoms with E-state index in [-0.39, 0.29) is 33.9 Å². The van der Waals surface area contributed by atoms with Crippen molar-refractivity contribution < 1.29 is 13.2 Å². The molecule has 2 aliphatic heterocycles. The van der Waals surface area contributed by atoms with Crippen molar-refractivity contribution in [1.82, 2.24) is 14.5 Å². The van der Waals surface area contributed by atoms with Crippen LogP contribution in [0.3, 0.4) is 0 Å². The molecular weight excluding hydrogens is 428 g/mol. The third-order valence-electron chi connectivity index (χ3n) is 6.10. The summed E-state index contributed by atoms with van der Waals surface area (Å²) >= 11 is 0. The SMILES string of the molecule is O=C(c1cccnc1)N1C[C@H]2C[C@H](C1)c1ccc(NS(=O)(=O)c3ccccc3)c(=O)n1C2. The van der Waals surface area contributed by atoms with Gasteiger partial charge in [0.1, 0.15) is 5.69 Å². The van der Waals surface area contributed by atoms with E-state index in [1.54, 1.807) is 53.4 Å². The molecule has 164 valence electrons. The molecule has 2 aromatic heterocycles. The summed E-state index contributed by atoms with van der Waals surface area (Å²) in [6.45, 7) is 1.51. The fourth-order valence-corrected chi connectivity index (χ4v) is 5.74. The van der Waals surface area contributed by atoms with Crippen LogP contribution in [0.2, 0.25) is 0 Å². The van der Waals surface area contributed by atoms with Gasteiger partial charge in [0, 0.05) is 43.6 Å². The molecule has 2 aliphatic rings. The third-order valence-corrected chi connectivity index (χ3v) is 7.48. The van der Waals surface area contributed by atoms with Crippen LogP contribution in [-0.2, 0) is 16.6 Å². The minimum Gasteiger partial charge on any atom is -0.338 e. The summed E-state index contributed by atoms with van der Waals surface area (Å²) in [7, 11) is -3.85. The van der Waals surface area contributed by atoms with Gasteiger partial charge in [-0.3, -0.25) is 19.3 Å². The number of pyridine rings is 2. The number of amides is 1. The van der Waals surface area contributed by atoms with Crippen LogP contribution in [0, 0.1) is 5.92 Å². The van der Waals surface area contributed by atoms with Crippen molar-refractivity contribution in [3.63, 3.8) is 0 Å². The zero-order valence-electron chi connectivity index (χ0n) is 17.2. The van der Waals surface area contributed by atoms with Crippen LogP contribution in [0.25, 0.3) is 0 Å². The molecule has 4 heterocycles. The number of aromatic nitrogens is 2. The Hall–Kier alpha value is -3.46. The number of hydrogen-bond donors (Lipinski definition) is 1. The number of nitrogens with one attached hydrogen (secondary N) is 1. The Morgan fingerprint density at radius 1 is 1.00 bits per heavy atom. The van der Waals surface area contributed by atoms with Crippen molar-refractivity contribution in [1.29, 1.82) is 0 Å². The van der Waals surface area contributed by atoms with E-state index in [2.05, 4.69) is 9.71 Å². The van der Waals surface area contributed by atoms with E-state index in [1.165, 1.54) is 18.2 Å². The number of benzene rings is 1. The van der Waals surface area contributed by atoms with Gasteiger partial charge in [0.2, 0.25) is 0 Å². The topological polar surface area (TPSA) is 101 Å². The van der Waals surface area contributed by atoms with E-state index in [0.29, 0.717) is 25.2 Å². The Kier molecular flexibility index (Phi) is 5.05. The summed E-state index contributed by atoms with van der Waals surface area (Å²) in [5.41, 5.74) is 1.05. The van der Waals surface area contributed by atoms with Gasteiger partial charge < -0.3 is 9.47 Å². The summed E-state index contributed by atoms with van der Waals surface area (Å²) < 4.78 is 29.4. The molecule has 5 rings (SSSR count). The second-order valence-corrected chi connectivity index (χ2v) is 9.94. The maximum absolute atomic E-state index is 13.1. The average molecular weight is 451 g/mol. The predicted octanol–water partition coefficient (Wildman–Crippen LogP) is 2.30. The van der Waals surface area contributed by atoms with Crippen molar-refractivity contribution in [2.45, 2.75) is 23.8 Å². The first-order valence-corrected chi connectivity index (χ1v) is 11.9. The smallest absolute Gasteiger partial charge is 0.275 e. The van der Waals surface area contributed by atoms with E-state index < -0.39 is 10.0 Å². The summed E-state index contributed by atoms with van der Waals surface area (Å²) in [6, 6.07) is 14.8. The lowest BCUT2D eigenvalue weighted by Gasteiger charge is -2.42. The van der Waals surface area contributed by atoms with E-state index in [4.69, 9.17) is 0 Å². The number of nitrogens with zero attached hydrogens (tertiary/aromatic N) is 3. The average Bonchev–Trinajstić information content (AvgIpc) is 2.81. The molecule has 1 amide bonds. The Morgan fingerprint density at radius 3 is 2.56 bits per heavy atom. The number of likely N-dealkylation sites (tertiary alicyclic amines) is 1. The summed E-state index contributed by atoms with van der Waals surface area (Å²) in [5.74, 6) is 0.0898. The maximum atomic E-state index is 13.1. The Balaban J connectivity index is 1.41. The number of rotatable bonds is 4. The second kappa shape index (κ2) is 7.90. The summed E-state index contributed by atoms with van der Waals surface area (Å²) in [6.07, 6.45) is 4.09. The molecule has 8 nitrogen and oxygen atoms in total. The highest BCUT2D eigenvalue weighted by Crippen LogP contribution is 2.36. The van der Waals surface area contributed by atoms with Gasteiger partial charge >= 0.3 is 0 Å². The fraction of sp³-hybridized carbons (Fsp3) is 0.261.